The third-order valence-corrected chi connectivity index (χ3v) is 4.53. The second-order valence-corrected chi connectivity index (χ2v) is 6.06. The number of nitrogens with one attached hydrogen (secondary N) is 1. The summed E-state index contributed by atoms with van der Waals surface area (Å²) in [5.41, 5.74) is 1.21. The zero-order chi connectivity index (χ0) is 17.1. The highest BCUT2D eigenvalue weighted by Gasteiger charge is 2.20. The monoisotopic (exact) mass is 342 g/mol. The molecule has 0 aliphatic rings. The molecule has 2 N–H and O–H groups in total. The van der Waals surface area contributed by atoms with E-state index in [4.69, 9.17) is 9.84 Å². The van der Waals surface area contributed by atoms with Gasteiger partial charge in [-0.3, -0.25) is 4.79 Å². The van der Waals surface area contributed by atoms with Gasteiger partial charge in [0.2, 0.25) is 0 Å². The van der Waals surface area contributed by atoms with Crippen molar-refractivity contribution in [1.29, 1.82) is 0 Å². The number of carbonyl (C=O) groups is 1. The Hall–Kier alpha value is -2.93. The minimum absolute atomic E-state index is 0.113. The molecule has 0 aliphatic heterocycles. The van der Waals surface area contributed by atoms with Gasteiger partial charge in [0.1, 0.15) is 27.8 Å². The van der Waals surface area contributed by atoms with Crippen molar-refractivity contribution in [2.45, 2.75) is 13.5 Å². The molecule has 0 unspecified atom stereocenters. The minimum Gasteiger partial charge on any atom is -0.488 e. The lowest BCUT2D eigenvalue weighted by Gasteiger charge is -2.09. The predicted molar refractivity (Wildman–Crippen MR) is 90.6 cm³/mol. The predicted octanol–water partition coefficient (Wildman–Crippen LogP) is 3.08. The van der Waals surface area contributed by atoms with Crippen molar-refractivity contribution >= 4 is 17.3 Å². The molecular formula is C17H14N2O4S. The van der Waals surface area contributed by atoms with Crippen molar-refractivity contribution < 1.29 is 14.6 Å². The van der Waals surface area contributed by atoms with E-state index in [1.54, 1.807) is 13.0 Å². The van der Waals surface area contributed by atoms with Gasteiger partial charge in [-0.1, -0.05) is 30.3 Å². The molecule has 3 rings (SSSR count). The van der Waals surface area contributed by atoms with E-state index in [1.165, 1.54) is 6.20 Å². The van der Waals surface area contributed by atoms with Gasteiger partial charge in [0.25, 0.3) is 5.56 Å². The molecule has 3 aromatic rings. The van der Waals surface area contributed by atoms with E-state index >= 15 is 0 Å². The Bertz CT molecular complexity index is 931. The van der Waals surface area contributed by atoms with Crippen LogP contribution in [-0.4, -0.2) is 21.0 Å². The number of aromatic carboxylic acids is 1. The summed E-state index contributed by atoms with van der Waals surface area (Å²) in [5, 5.41) is 9.50. The largest absolute Gasteiger partial charge is 0.488 e. The lowest BCUT2D eigenvalue weighted by atomic mass is 10.2. The van der Waals surface area contributed by atoms with Crippen LogP contribution in [0.15, 0.2) is 47.4 Å². The molecule has 0 bridgehead atoms. The highest BCUT2D eigenvalue weighted by molar-refractivity contribution is 7.17. The number of benzene rings is 1. The van der Waals surface area contributed by atoms with E-state index < -0.39 is 5.97 Å². The van der Waals surface area contributed by atoms with Crippen LogP contribution in [0.1, 0.15) is 20.9 Å². The average Bonchev–Trinajstić information content (AvgIpc) is 2.95. The summed E-state index contributed by atoms with van der Waals surface area (Å²) in [4.78, 5) is 30.3. The smallest absolute Gasteiger partial charge is 0.347 e. The number of hydrogen-bond donors (Lipinski definition) is 2. The summed E-state index contributed by atoms with van der Waals surface area (Å²) < 4.78 is 5.77. The summed E-state index contributed by atoms with van der Waals surface area (Å²) >= 11 is 0.960. The van der Waals surface area contributed by atoms with Crippen LogP contribution in [-0.2, 0) is 6.61 Å². The van der Waals surface area contributed by atoms with Crippen LogP contribution in [0.2, 0.25) is 0 Å². The summed E-state index contributed by atoms with van der Waals surface area (Å²) in [6, 6.07) is 11.2. The van der Waals surface area contributed by atoms with Gasteiger partial charge in [0.15, 0.2) is 0 Å². The number of carboxylic acids is 1. The molecule has 24 heavy (non-hydrogen) atoms. The number of aromatic amines is 1. The van der Waals surface area contributed by atoms with Gasteiger partial charge in [-0.25, -0.2) is 9.78 Å². The van der Waals surface area contributed by atoms with Gasteiger partial charge < -0.3 is 14.8 Å². The van der Waals surface area contributed by atoms with Gasteiger partial charge in [-0.15, -0.1) is 11.3 Å². The first-order valence-corrected chi connectivity index (χ1v) is 7.97. The van der Waals surface area contributed by atoms with Crippen molar-refractivity contribution in [2.24, 2.45) is 0 Å². The van der Waals surface area contributed by atoms with E-state index in [0.717, 1.165) is 16.9 Å². The standard InChI is InChI=1S/C17H14N2O4S/c1-10-14(17(21)22)24-16(19-10)13-12(7-8-18-15(13)20)23-9-11-5-3-2-4-6-11/h2-8H,9H2,1H3,(H,18,20)(H,21,22). The fourth-order valence-corrected chi connectivity index (χ4v) is 3.17. The molecule has 0 aliphatic carbocycles. The molecule has 7 heteroatoms. The van der Waals surface area contributed by atoms with Crippen LogP contribution in [0.5, 0.6) is 5.75 Å². The summed E-state index contributed by atoms with van der Waals surface area (Å²) in [6.07, 6.45) is 1.49. The quantitative estimate of drug-likeness (QED) is 0.743. The van der Waals surface area contributed by atoms with Crippen LogP contribution >= 0.6 is 11.3 Å². The first-order chi connectivity index (χ1) is 11.6. The number of pyridine rings is 1. The van der Waals surface area contributed by atoms with E-state index in [-0.39, 0.29) is 16.0 Å². The second-order valence-electron chi connectivity index (χ2n) is 5.06. The third kappa shape index (κ3) is 3.21. The first kappa shape index (κ1) is 15.9. The lowest BCUT2D eigenvalue weighted by Crippen LogP contribution is -2.10. The van der Waals surface area contributed by atoms with E-state index in [1.807, 2.05) is 30.3 Å². The molecular weight excluding hydrogens is 328 g/mol. The Kier molecular flexibility index (Phi) is 4.43. The molecule has 0 saturated carbocycles. The van der Waals surface area contributed by atoms with Crippen molar-refractivity contribution in [3.63, 3.8) is 0 Å². The maximum Gasteiger partial charge on any atom is 0.347 e. The Labute approximate surface area is 141 Å². The molecule has 0 amide bonds. The lowest BCUT2D eigenvalue weighted by molar-refractivity contribution is 0.0701. The summed E-state index contributed by atoms with van der Waals surface area (Å²) in [6.45, 7) is 1.90. The number of nitrogens with zero attached hydrogens (tertiary/aromatic N) is 1. The molecule has 1 aromatic carbocycles. The number of thiazole rings is 1. The molecule has 2 aromatic heterocycles. The maximum atomic E-state index is 12.2. The van der Waals surface area contributed by atoms with Crippen molar-refractivity contribution in [3.8, 4) is 16.3 Å². The zero-order valence-corrected chi connectivity index (χ0v) is 13.6. The van der Waals surface area contributed by atoms with Gasteiger partial charge in [0, 0.05) is 6.20 Å². The number of rotatable bonds is 5. The average molecular weight is 342 g/mol. The number of H-pyrrole nitrogens is 1. The molecule has 122 valence electrons. The SMILES string of the molecule is Cc1nc(-c2c(OCc3ccccc3)cc[nH]c2=O)sc1C(=O)O. The third-order valence-electron chi connectivity index (χ3n) is 3.36. The van der Waals surface area contributed by atoms with Crippen molar-refractivity contribution in [2.75, 3.05) is 0 Å². The van der Waals surface area contributed by atoms with Crippen LogP contribution in [0.4, 0.5) is 0 Å². The molecule has 6 nitrogen and oxygen atoms in total. The second kappa shape index (κ2) is 6.67. The molecule has 2 heterocycles. The summed E-state index contributed by atoms with van der Waals surface area (Å²) in [7, 11) is 0. The van der Waals surface area contributed by atoms with Crippen molar-refractivity contribution in [1.82, 2.24) is 9.97 Å². The fourth-order valence-electron chi connectivity index (χ4n) is 2.22. The Morgan fingerprint density at radius 3 is 2.71 bits per heavy atom. The molecule has 0 radical (unpaired) electrons. The number of aromatic nitrogens is 2. The van der Waals surface area contributed by atoms with Crippen LogP contribution < -0.4 is 10.3 Å². The number of ether oxygens (including phenoxy) is 1. The molecule has 0 spiro atoms. The zero-order valence-electron chi connectivity index (χ0n) is 12.8. The topological polar surface area (TPSA) is 92.3 Å². The van der Waals surface area contributed by atoms with Crippen molar-refractivity contribution in [3.05, 3.63) is 69.1 Å². The Morgan fingerprint density at radius 2 is 2.04 bits per heavy atom. The van der Waals surface area contributed by atoms with Crippen LogP contribution in [0, 0.1) is 6.92 Å². The summed E-state index contributed by atoms with van der Waals surface area (Å²) in [5.74, 6) is -0.691. The van der Waals surface area contributed by atoms with E-state index in [0.29, 0.717) is 23.1 Å². The number of carboxylic acid groups (broad SMARTS) is 1. The highest BCUT2D eigenvalue weighted by Crippen LogP contribution is 2.32. The Morgan fingerprint density at radius 1 is 1.29 bits per heavy atom. The van der Waals surface area contributed by atoms with Gasteiger partial charge in [-0.05, 0) is 18.6 Å². The van der Waals surface area contributed by atoms with Gasteiger partial charge in [-0.2, -0.15) is 0 Å². The molecule has 0 atom stereocenters. The van der Waals surface area contributed by atoms with E-state index in [2.05, 4.69) is 9.97 Å². The molecule has 0 saturated heterocycles. The van der Waals surface area contributed by atoms with Crippen LogP contribution in [0.3, 0.4) is 0 Å². The normalized spacial score (nSPS) is 10.5. The fraction of sp³-hybridized carbons (Fsp3) is 0.118. The Balaban J connectivity index is 1.97. The first-order valence-electron chi connectivity index (χ1n) is 7.16. The van der Waals surface area contributed by atoms with Crippen LogP contribution in [0.25, 0.3) is 10.6 Å². The van der Waals surface area contributed by atoms with Gasteiger partial charge in [0.05, 0.1) is 5.69 Å². The number of aryl methyl sites for hydroxylation is 1. The molecule has 0 fully saturated rings. The maximum absolute atomic E-state index is 12.2. The highest BCUT2D eigenvalue weighted by atomic mass is 32.1. The van der Waals surface area contributed by atoms with E-state index in [9.17, 15) is 9.59 Å². The van der Waals surface area contributed by atoms with Gasteiger partial charge >= 0.3 is 5.97 Å². The number of hydrogen-bond acceptors (Lipinski definition) is 5. The minimum atomic E-state index is -1.06.